The summed E-state index contributed by atoms with van der Waals surface area (Å²) in [4.78, 5) is 20.6. The zero-order valence-corrected chi connectivity index (χ0v) is 13.2. The van der Waals surface area contributed by atoms with Crippen molar-refractivity contribution in [2.45, 2.75) is 33.7 Å². The minimum absolute atomic E-state index is 0.250. The second-order valence-electron chi connectivity index (χ2n) is 4.69. The fourth-order valence-corrected chi connectivity index (χ4v) is 1.63. The lowest BCUT2D eigenvalue weighted by atomic mass is 10.0. The van der Waals surface area contributed by atoms with Gasteiger partial charge in [0.15, 0.2) is 0 Å². The van der Waals surface area contributed by atoms with Crippen LogP contribution in [0.5, 0.6) is 0 Å². The third-order valence-electron chi connectivity index (χ3n) is 3.03. The van der Waals surface area contributed by atoms with Gasteiger partial charge in [-0.05, 0) is 44.4 Å². The van der Waals surface area contributed by atoms with Gasteiger partial charge < -0.3 is 20.9 Å². The van der Waals surface area contributed by atoms with Crippen LogP contribution in [-0.2, 0) is 14.3 Å². The highest BCUT2D eigenvalue weighted by molar-refractivity contribution is 5.79. The summed E-state index contributed by atoms with van der Waals surface area (Å²) in [6.07, 6.45) is 0. The van der Waals surface area contributed by atoms with E-state index >= 15 is 0 Å². The molecule has 0 amide bonds. The van der Waals surface area contributed by atoms with Crippen molar-refractivity contribution < 1.29 is 19.4 Å². The summed E-state index contributed by atoms with van der Waals surface area (Å²) in [6, 6.07) is 3.80. The predicted molar refractivity (Wildman–Crippen MR) is 82.4 cm³/mol. The van der Waals surface area contributed by atoms with Crippen molar-refractivity contribution >= 4 is 17.6 Å². The fraction of sp³-hybridized carbons (Fsp3) is 0.467. The van der Waals surface area contributed by atoms with Crippen molar-refractivity contribution in [3.63, 3.8) is 0 Å². The Kier molecular flexibility index (Phi) is 8.08. The van der Waals surface area contributed by atoms with Gasteiger partial charge in [-0.1, -0.05) is 12.1 Å². The number of carbonyl (C=O) groups excluding carboxylic acids is 1. The third-order valence-corrected chi connectivity index (χ3v) is 3.03. The molecule has 1 aromatic carbocycles. The van der Waals surface area contributed by atoms with E-state index in [1.807, 2.05) is 6.92 Å². The molecule has 0 radical (unpaired) electrons. The molecule has 0 spiro atoms. The van der Waals surface area contributed by atoms with E-state index in [0.29, 0.717) is 0 Å². The van der Waals surface area contributed by atoms with Crippen LogP contribution >= 0.6 is 0 Å². The van der Waals surface area contributed by atoms with Gasteiger partial charge in [-0.15, -0.1) is 0 Å². The SMILES string of the molecule is COC(=O)[C@H](C)Nc1c(C)ccc(C)c1C.NCC(=O)O. The molecular weight excluding hydrogens is 272 g/mol. The van der Waals surface area contributed by atoms with Crippen molar-refractivity contribution in [2.75, 3.05) is 19.0 Å². The summed E-state index contributed by atoms with van der Waals surface area (Å²) in [7, 11) is 1.40. The molecule has 6 nitrogen and oxygen atoms in total. The number of anilines is 1. The van der Waals surface area contributed by atoms with Gasteiger partial charge in [0.2, 0.25) is 0 Å². The summed E-state index contributed by atoms with van der Waals surface area (Å²) in [5.74, 6) is -1.22. The van der Waals surface area contributed by atoms with Crippen molar-refractivity contribution in [3.05, 3.63) is 28.8 Å². The number of carboxylic acids is 1. The number of benzene rings is 1. The van der Waals surface area contributed by atoms with Crippen LogP contribution in [0, 0.1) is 20.8 Å². The number of ether oxygens (including phenoxy) is 1. The molecule has 1 aromatic rings. The number of carboxylic acid groups (broad SMARTS) is 1. The van der Waals surface area contributed by atoms with Crippen LogP contribution < -0.4 is 11.1 Å². The van der Waals surface area contributed by atoms with E-state index in [2.05, 4.69) is 37.0 Å². The standard InChI is InChI=1S/C13H19NO2.C2H5NO2/c1-8-6-7-9(2)12(10(8)3)14-11(4)13(15)16-5;3-1-2(4)5/h6-7,11,14H,1-5H3;1,3H2,(H,4,5)/t11-;/m0./s1. The highest BCUT2D eigenvalue weighted by Gasteiger charge is 2.15. The lowest BCUT2D eigenvalue weighted by molar-refractivity contribution is -0.141. The maximum absolute atomic E-state index is 11.3. The van der Waals surface area contributed by atoms with E-state index in [1.54, 1.807) is 6.92 Å². The molecule has 0 aromatic heterocycles. The van der Waals surface area contributed by atoms with Gasteiger partial charge in [-0.3, -0.25) is 4.79 Å². The molecule has 1 rings (SSSR count). The first-order valence-electron chi connectivity index (χ1n) is 6.57. The third kappa shape index (κ3) is 6.27. The number of esters is 1. The topological polar surface area (TPSA) is 102 Å². The van der Waals surface area contributed by atoms with Crippen molar-refractivity contribution in [2.24, 2.45) is 5.73 Å². The van der Waals surface area contributed by atoms with Gasteiger partial charge >= 0.3 is 11.9 Å². The van der Waals surface area contributed by atoms with E-state index in [0.717, 1.165) is 11.3 Å². The number of hydrogen-bond donors (Lipinski definition) is 3. The molecule has 0 saturated carbocycles. The van der Waals surface area contributed by atoms with E-state index in [9.17, 15) is 9.59 Å². The van der Waals surface area contributed by atoms with Gasteiger partial charge in [0.1, 0.15) is 6.04 Å². The summed E-state index contributed by atoms with van der Waals surface area (Å²) in [6.45, 7) is 7.66. The molecule has 1 atom stereocenters. The molecule has 4 N–H and O–H groups in total. The highest BCUT2D eigenvalue weighted by Crippen LogP contribution is 2.23. The monoisotopic (exact) mass is 296 g/mol. The molecule has 6 heteroatoms. The first-order chi connectivity index (χ1) is 9.74. The maximum atomic E-state index is 11.3. The Morgan fingerprint density at radius 3 is 2.19 bits per heavy atom. The number of methoxy groups -OCH3 is 1. The molecule has 0 unspecified atom stereocenters. The molecule has 21 heavy (non-hydrogen) atoms. The highest BCUT2D eigenvalue weighted by atomic mass is 16.5. The molecule has 0 bridgehead atoms. The van der Waals surface area contributed by atoms with E-state index in [1.165, 1.54) is 18.2 Å². The minimum Gasteiger partial charge on any atom is -0.480 e. The molecule has 0 saturated heterocycles. The number of nitrogens with two attached hydrogens (primary N) is 1. The van der Waals surface area contributed by atoms with Crippen LogP contribution in [0.3, 0.4) is 0 Å². The number of nitrogens with one attached hydrogen (secondary N) is 1. The van der Waals surface area contributed by atoms with Crippen LogP contribution in [-0.4, -0.2) is 36.7 Å². The fourth-order valence-electron chi connectivity index (χ4n) is 1.63. The van der Waals surface area contributed by atoms with Gasteiger partial charge in [-0.2, -0.15) is 0 Å². The Hall–Kier alpha value is -2.08. The molecule has 118 valence electrons. The number of aryl methyl sites for hydroxylation is 2. The molecule has 0 heterocycles. The van der Waals surface area contributed by atoms with Crippen molar-refractivity contribution in [1.29, 1.82) is 0 Å². The van der Waals surface area contributed by atoms with Gasteiger partial charge in [0.05, 0.1) is 13.7 Å². The van der Waals surface area contributed by atoms with E-state index in [-0.39, 0.29) is 18.6 Å². The summed E-state index contributed by atoms with van der Waals surface area (Å²) in [5.41, 5.74) is 9.13. The lowest BCUT2D eigenvalue weighted by Gasteiger charge is -2.18. The van der Waals surface area contributed by atoms with Crippen LogP contribution in [0.4, 0.5) is 5.69 Å². The van der Waals surface area contributed by atoms with Crippen molar-refractivity contribution in [1.82, 2.24) is 0 Å². The van der Waals surface area contributed by atoms with Crippen LogP contribution in [0.15, 0.2) is 12.1 Å². The Labute approximate surface area is 125 Å². The molecule has 0 aliphatic rings. The second kappa shape index (κ2) is 8.97. The summed E-state index contributed by atoms with van der Waals surface area (Å²) >= 11 is 0. The van der Waals surface area contributed by atoms with Gasteiger partial charge in [0, 0.05) is 5.69 Å². The number of rotatable bonds is 4. The summed E-state index contributed by atoms with van der Waals surface area (Å²) < 4.78 is 4.69. The Morgan fingerprint density at radius 1 is 1.29 bits per heavy atom. The quantitative estimate of drug-likeness (QED) is 0.730. The zero-order valence-electron chi connectivity index (χ0n) is 13.2. The molecule has 0 aliphatic heterocycles. The average molecular weight is 296 g/mol. The first-order valence-corrected chi connectivity index (χ1v) is 6.57. The summed E-state index contributed by atoms with van der Waals surface area (Å²) in [5, 5.41) is 10.8. The second-order valence-corrected chi connectivity index (χ2v) is 4.69. The molecular formula is C15H24N2O4. The first kappa shape index (κ1) is 18.9. The van der Waals surface area contributed by atoms with Gasteiger partial charge in [0.25, 0.3) is 0 Å². The Morgan fingerprint density at radius 2 is 1.76 bits per heavy atom. The number of aliphatic carboxylic acids is 1. The predicted octanol–water partition coefficient (Wildman–Crippen LogP) is 1.61. The number of carbonyl (C=O) groups is 2. The average Bonchev–Trinajstić information content (AvgIpc) is 2.47. The van der Waals surface area contributed by atoms with Crippen molar-refractivity contribution in [3.8, 4) is 0 Å². The lowest BCUT2D eigenvalue weighted by Crippen LogP contribution is -2.28. The molecule has 0 aliphatic carbocycles. The van der Waals surface area contributed by atoms with Crippen LogP contribution in [0.25, 0.3) is 0 Å². The van der Waals surface area contributed by atoms with E-state index in [4.69, 9.17) is 9.84 Å². The Bertz CT molecular complexity index is 501. The minimum atomic E-state index is -0.968. The normalized spacial score (nSPS) is 11.0. The van der Waals surface area contributed by atoms with E-state index < -0.39 is 5.97 Å². The number of hydrogen-bond acceptors (Lipinski definition) is 5. The van der Waals surface area contributed by atoms with Gasteiger partial charge in [-0.25, -0.2) is 4.79 Å². The molecule has 0 fully saturated rings. The Balaban J connectivity index is 0.000000690. The van der Waals surface area contributed by atoms with Crippen LogP contribution in [0.2, 0.25) is 0 Å². The largest absolute Gasteiger partial charge is 0.480 e. The van der Waals surface area contributed by atoms with Crippen LogP contribution in [0.1, 0.15) is 23.6 Å². The smallest absolute Gasteiger partial charge is 0.327 e. The zero-order chi connectivity index (χ0) is 16.6. The maximum Gasteiger partial charge on any atom is 0.327 e.